The van der Waals surface area contributed by atoms with Gasteiger partial charge in [0.1, 0.15) is 5.75 Å². The Balaban J connectivity index is 2.20. The first-order chi connectivity index (χ1) is 12.1. The number of rotatable bonds is 5. The van der Waals surface area contributed by atoms with Gasteiger partial charge in [0.25, 0.3) is 0 Å². The number of halogens is 1. The Morgan fingerprint density at radius 3 is 2.24 bits per heavy atom. The molecule has 6 heteroatoms. The molecule has 3 rings (SSSR count). The van der Waals surface area contributed by atoms with Crippen molar-refractivity contribution in [3.8, 4) is 23.0 Å². The highest BCUT2D eigenvalue weighted by Gasteiger charge is 2.26. The second kappa shape index (κ2) is 7.35. The molecule has 2 aromatic rings. The highest BCUT2D eigenvalue weighted by Crippen LogP contribution is 2.44. The monoisotopic (exact) mass is 405 g/mol. The van der Waals surface area contributed by atoms with Crippen molar-refractivity contribution >= 4 is 21.6 Å². The van der Waals surface area contributed by atoms with Crippen LogP contribution in [0.15, 0.2) is 33.7 Å². The first kappa shape index (κ1) is 17.6. The van der Waals surface area contributed by atoms with Crippen molar-refractivity contribution in [3.05, 3.63) is 45.4 Å². The molecule has 0 radical (unpaired) electrons. The van der Waals surface area contributed by atoms with E-state index in [2.05, 4.69) is 15.9 Å². The molecule has 0 aromatic heterocycles. The van der Waals surface area contributed by atoms with Crippen LogP contribution in [0.2, 0.25) is 0 Å². The van der Waals surface area contributed by atoms with E-state index >= 15 is 0 Å². The van der Waals surface area contributed by atoms with Crippen LogP contribution in [-0.2, 0) is 6.42 Å². The zero-order valence-corrected chi connectivity index (χ0v) is 16.3. The van der Waals surface area contributed by atoms with E-state index in [0.717, 1.165) is 39.0 Å². The Kier molecular flexibility index (Phi) is 5.18. The summed E-state index contributed by atoms with van der Waals surface area (Å²) in [4.78, 5) is 4.76. The maximum Gasteiger partial charge on any atom is 0.203 e. The van der Waals surface area contributed by atoms with E-state index in [9.17, 15) is 0 Å². The Morgan fingerprint density at radius 1 is 0.880 bits per heavy atom. The van der Waals surface area contributed by atoms with Crippen molar-refractivity contribution in [1.29, 1.82) is 0 Å². The minimum Gasteiger partial charge on any atom is -0.497 e. The molecule has 1 aliphatic rings. The summed E-state index contributed by atoms with van der Waals surface area (Å²) in [6.07, 6.45) is 0.788. The van der Waals surface area contributed by atoms with Crippen LogP contribution in [0.4, 0.5) is 0 Å². The van der Waals surface area contributed by atoms with Gasteiger partial charge in [0, 0.05) is 27.7 Å². The fourth-order valence-corrected chi connectivity index (χ4v) is 3.63. The maximum atomic E-state index is 5.64. The first-order valence-corrected chi connectivity index (χ1v) is 8.64. The lowest BCUT2D eigenvalue weighted by molar-refractivity contribution is 0.322. The van der Waals surface area contributed by atoms with Gasteiger partial charge < -0.3 is 18.9 Å². The Labute approximate surface area is 155 Å². The number of benzene rings is 2. The molecule has 25 heavy (non-hydrogen) atoms. The molecule has 0 saturated carbocycles. The predicted molar refractivity (Wildman–Crippen MR) is 101 cm³/mol. The van der Waals surface area contributed by atoms with Crippen LogP contribution in [0.25, 0.3) is 0 Å². The molecule has 0 N–H and O–H groups in total. The molecule has 0 bridgehead atoms. The predicted octanol–water partition coefficient (Wildman–Crippen LogP) is 3.88. The van der Waals surface area contributed by atoms with Gasteiger partial charge in [0.05, 0.1) is 34.2 Å². The zero-order chi connectivity index (χ0) is 18.0. The maximum absolute atomic E-state index is 5.64. The molecule has 1 aliphatic heterocycles. The number of ether oxygens (including phenoxy) is 4. The molecular weight excluding hydrogens is 386 g/mol. The number of aliphatic imine (C=N–C) groups is 1. The van der Waals surface area contributed by atoms with E-state index in [1.165, 1.54) is 0 Å². The number of hydrogen-bond donors (Lipinski definition) is 0. The van der Waals surface area contributed by atoms with Crippen molar-refractivity contribution < 1.29 is 18.9 Å². The number of hydrogen-bond acceptors (Lipinski definition) is 5. The summed E-state index contributed by atoms with van der Waals surface area (Å²) >= 11 is 3.63. The number of methoxy groups -OCH3 is 4. The Hall–Kier alpha value is -2.21. The van der Waals surface area contributed by atoms with Crippen LogP contribution in [0.1, 0.15) is 16.7 Å². The lowest BCUT2D eigenvalue weighted by Crippen LogP contribution is -2.16. The fraction of sp³-hybridized carbons (Fsp3) is 0.316. The second-order valence-electron chi connectivity index (χ2n) is 5.50. The standard InChI is InChI=1S/C19H20BrNO4/c1-22-11-5-6-13(15(20)9-11)17-14-10-16(23-2)19(25-4)18(24-3)12(14)7-8-21-17/h5-6,9-10H,7-8H2,1-4H3. The van der Waals surface area contributed by atoms with Crippen molar-refractivity contribution in [2.24, 2.45) is 4.99 Å². The Bertz CT molecular complexity index is 833. The van der Waals surface area contributed by atoms with Crippen LogP contribution in [0.5, 0.6) is 23.0 Å². The smallest absolute Gasteiger partial charge is 0.203 e. The second-order valence-corrected chi connectivity index (χ2v) is 6.35. The third kappa shape index (κ3) is 3.06. The molecule has 0 fully saturated rings. The Morgan fingerprint density at radius 2 is 1.64 bits per heavy atom. The van der Waals surface area contributed by atoms with Gasteiger partial charge in [-0.2, -0.15) is 0 Å². The molecule has 0 unspecified atom stereocenters. The van der Waals surface area contributed by atoms with E-state index in [4.69, 9.17) is 23.9 Å². The summed E-state index contributed by atoms with van der Waals surface area (Å²) in [5.41, 5.74) is 3.96. The molecule has 0 spiro atoms. The molecular formula is C19H20BrNO4. The zero-order valence-electron chi connectivity index (χ0n) is 14.7. The fourth-order valence-electron chi connectivity index (χ4n) is 3.09. The average molecular weight is 406 g/mol. The van der Waals surface area contributed by atoms with Crippen molar-refractivity contribution in [1.82, 2.24) is 0 Å². The highest BCUT2D eigenvalue weighted by molar-refractivity contribution is 9.10. The van der Waals surface area contributed by atoms with Gasteiger partial charge in [-0.3, -0.25) is 4.99 Å². The molecule has 0 saturated heterocycles. The average Bonchev–Trinajstić information content (AvgIpc) is 2.65. The molecule has 5 nitrogen and oxygen atoms in total. The minimum atomic E-state index is 0.610. The summed E-state index contributed by atoms with van der Waals surface area (Å²) in [5, 5.41) is 0. The van der Waals surface area contributed by atoms with Crippen LogP contribution in [0.3, 0.4) is 0 Å². The van der Waals surface area contributed by atoms with Crippen LogP contribution < -0.4 is 18.9 Å². The topological polar surface area (TPSA) is 49.3 Å². The minimum absolute atomic E-state index is 0.610. The van der Waals surface area contributed by atoms with Gasteiger partial charge in [-0.05, 0) is 46.6 Å². The van der Waals surface area contributed by atoms with Gasteiger partial charge in [0.15, 0.2) is 11.5 Å². The summed E-state index contributed by atoms with van der Waals surface area (Å²) < 4.78 is 22.9. The lowest BCUT2D eigenvalue weighted by atomic mass is 9.91. The van der Waals surface area contributed by atoms with E-state index in [-0.39, 0.29) is 0 Å². The molecule has 1 heterocycles. The van der Waals surface area contributed by atoms with E-state index in [1.54, 1.807) is 28.4 Å². The lowest BCUT2D eigenvalue weighted by Gasteiger charge is -2.23. The van der Waals surface area contributed by atoms with Gasteiger partial charge >= 0.3 is 0 Å². The van der Waals surface area contributed by atoms with Crippen molar-refractivity contribution in [2.75, 3.05) is 35.0 Å². The highest BCUT2D eigenvalue weighted by atomic mass is 79.9. The molecule has 0 aliphatic carbocycles. The van der Waals surface area contributed by atoms with Gasteiger partial charge in [-0.25, -0.2) is 0 Å². The quantitative estimate of drug-likeness (QED) is 0.757. The first-order valence-electron chi connectivity index (χ1n) is 7.85. The summed E-state index contributed by atoms with van der Waals surface area (Å²) in [6, 6.07) is 7.82. The van der Waals surface area contributed by atoms with E-state index in [1.807, 2.05) is 24.3 Å². The van der Waals surface area contributed by atoms with E-state index in [0.29, 0.717) is 23.8 Å². The third-order valence-electron chi connectivity index (χ3n) is 4.25. The molecule has 0 amide bonds. The molecule has 2 aromatic carbocycles. The summed E-state index contributed by atoms with van der Waals surface area (Å²) in [6.45, 7) is 0.687. The molecule has 132 valence electrons. The van der Waals surface area contributed by atoms with Crippen LogP contribution in [-0.4, -0.2) is 40.7 Å². The SMILES string of the molecule is COc1ccc(C2=NCCc3c2cc(OC)c(OC)c3OC)c(Br)c1. The van der Waals surface area contributed by atoms with Gasteiger partial charge in [-0.1, -0.05) is 0 Å². The summed E-state index contributed by atoms with van der Waals surface area (Å²) in [7, 11) is 6.53. The summed E-state index contributed by atoms with van der Waals surface area (Å²) in [5.74, 6) is 2.72. The number of fused-ring (bicyclic) bond motifs is 1. The number of nitrogens with zero attached hydrogens (tertiary/aromatic N) is 1. The largest absolute Gasteiger partial charge is 0.497 e. The van der Waals surface area contributed by atoms with E-state index < -0.39 is 0 Å². The van der Waals surface area contributed by atoms with Crippen LogP contribution in [0, 0.1) is 0 Å². The van der Waals surface area contributed by atoms with Crippen LogP contribution >= 0.6 is 15.9 Å². The normalized spacial score (nSPS) is 12.9. The van der Waals surface area contributed by atoms with Gasteiger partial charge in [0.2, 0.25) is 5.75 Å². The van der Waals surface area contributed by atoms with Gasteiger partial charge in [-0.15, -0.1) is 0 Å². The van der Waals surface area contributed by atoms with Crippen molar-refractivity contribution in [2.45, 2.75) is 6.42 Å². The van der Waals surface area contributed by atoms with Crippen molar-refractivity contribution in [3.63, 3.8) is 0 Å². The molecule has 0 atom stereocenters. The third-order valence-corrected chi connectivity index (χ3v) is 4.91.